The van der Waals surface area contributed by atoms with Gasteiger partial charge in [0.1, 0.15) is 29.5 Å². The molecule has 0 radical (unpaired) electrons. The first kappa shape index (κ1) is 24.6. The minimum atomic E-state index is -0.579. The van der Waals surface area contributed by atoms with Crippen LogP contribution in [0.3, 0.4) is 0 Å². The highest BCUT2D eigenvalue weighted by Gasteiger charge is 2.34. The highest BCUT2D eigenvalue weighted by atomic mass is 79.9. The number of nitrogens with one attached hydrogen (secondary N) is 1. The molecule has 0 bridgehead atoms. The van der Waals surface area contributed by atoms with Crippen molar-refractivity contribution in [1.82, 2.24) is 5.32 Å². The van der Waals surface area contributed by atoms with Gasteiger partial charge in [0.15, 0.2) is 5.11 Å². The second kappa shape index (κ2) is 10.8. The van der Waals surface area contributed by atoms with Crippen molar-refractivity contribution >= 4 is 56.8 Å². The van der Waals surface area contributed by atoms with Crippen molar-refractivity contribution in [1.29, 1.82) is 0 Å². The number of benzene rings is 3. The van der Waals surface area contributed by atoms with Gasteiger partial charge < -0.3 is 9.47 Å². The van der Waals surface area contributed by atoms with E-state index in [0.717, 1.165) is 5.56 Å². The summed E-state index contributed by atoms with van der Waals surface area (Å²) in [6.07, 6.45) is 1.49. The number of rotatable bonds is 7. The molecule has 0 spiro atoms. The van der Waals surface area contributed by atoms with Crippen molar-refractivity contribution < 1.29 is 23.5 Å². The van der Waals surface area contributed by atoms with E-state index in [4.69, 9.17) is 21.7 Å². The zero-order valence-electron chi connectivity index (χ0n) is 18.6. The van der Waals surface area contributed by atoms with Crippen LogP contribution >= 0.6 is 28.1 Å². The number of thiocarbonyl (C=S) groups is 1. The Morgan fingerprint density at radius 1 is 1.06 bits per heavy atom. The smallest absolute Gasteiger partial charge is 0.270 e. The molecule has 0 unspecified atom stereocenters. The summed E-state index contributed by atoms with van der Waals surface area (Å²) in [6.45, 7) is 2.59. The Morgan fingerprint density at radius 2 is 1.83 bits per heavy atom. The minimum absolute atomic E-state index is 0.00322. The van der Waals surface area contributed by atoms with Gasteiger partial charge in [-0.3, -0.25) is 19.8 Å². The predicted molar refractivity (Wildman–Crippen MR) is 139 cm³/mol. The Bertz CT molecular complexity index is 1330. The highest BCUT2D eigenvalue weighted by molar-refractivity contribution is 9.10. The van der Waals surface area contributed by atoms with Crippen molar-refractivity contribution in [3.8, 4) is 11.5 Å². The van der Waals surface area contributed by atoms with E-state index in [1.165, 1.54) is 23.1 Å². The van der Waals surface area contributed by atoms with Crippen LogP contribution in [0.2, 0.25) is 0 Å². The van der Waals surface area contributed by atoms with Crippen molar-refractivity contribution in [2.75, 3.05) is 11.5 Å². The molecule has 1 saturated heterocycles. The van der Waals surface area contributed by atoms with Gasteiger partial charge in [-0.1, -0.05) is 24.3 Å². The maximum Gasteiger partial charge on any atom is 0.270 e. The van der Waals surface area contributed by atoms with Crippen LogP contribution in [0, 0.1) is 5.82 Å². The average molecular weight is 555 g/mol. The topological polar surface area (TPSA) is 67.9 Å². The Balaban J connectivity index is 1.55. The quantitative estimate of drug-likeness (QED) is 0.241. The fraction of sp³-hybridized carbons (Fsp3) is 0.115. The molecule has 0 saturated carbocycles. The fourth-order valence-electron chi connectivity index (χ4n) is 3.40. The molecule has 2 amide bonds. The fourth-order valence-corrected chi connectivity index (χ4v) is 4.20. The Kier molecular flexibility index (Phi) is 7.57. The van der Waals surface area contributed by atoms with E-state index in [2.05, 4.69) is 21.2 Å². The summed E-state index contributed by atoms with van der Waals surface area (Å²) >= 11 is 8.73. The lowest BCUT2D eigenvalue weighted by Gasteiger charge is -2.29. The van der Waals surface area contributed by atoms with Crippen molar-refractivity contribution in [2.24, 2.45) is 0 Å². The molecule has 35 heavy (non-hydrogen) atoms. The van der Waals surface area contributed by atoms with Gasteiger partial charge in [0.05, 0.1) is 16.8 Å². The molecular formula is C26H20BrFN2O4S. The van der Waals surface area contributed by atoms with Crippen molar-refractivity contribution in [3.05, 3.63) is 93.7 Å². The molecule has 3 aromatic carbocycles. The summed E-state index contributed by atoms with van der Waals surface area (Å²) in [5.41, 5.74) is 1.86. The predicted octanol–water partition coefficient (Wildman–Crippen LogP) is 5.40. The molecule has 0 aromatic heterocycles. The van der Waals surface area contributed by atoms with E-state index in [1.807, 2.05) is 6.92 Å². The SMILES string of the molecule is CCOc1cccc(N2C(=O)C(=Cc3ccc(OCc4ccc(F)cc4)c(Br)c3)C(=O)NC2=S)c1. The number of carbonyl (C=O) groups is 2. The molecule has 9 heteroatoms. The molecule has 1 heterocycles. The summed E-state index contributed by atoms with van der Waals surface area (Å²) < 4.78 is 25.0. The van der Waals surface area contributed by atoms with Gasteiger partial charge in [-0.15, -0.1) is 0 Å². The molecule has 1 N–H and O–H groups in total. The summed E-state index contributed by atoms with van der Waals surface area (Å²) in [5.74, 6) is -0.283. The van der Waals surface area contributed by atoms with Crippen LogP contribution in [0.4, 0.5) is 10.1 Å². The second-order valence-corrected chi connectivity index (χ2v) is 8.73. The van der Waals surface area contributed by atoms with Gasteiger partial charge in [-0.2, -0.15) is 0 Å². The van der Waals surface area contributed by atoms with E-state index >= 15 is 0 Å². The average Bonchev–Trinajstić information content (AvgIpc) is 2.83. The number of anilines is 1. The van der Waals surface area contributed by atoms with Crippen LogP contribution in [-0.4, -0.2) is 23.5 Å². The van der Waals surface area contributed by atoms with Gasteiger partial charge in [0.25, 0.3) is 11.8 Å². The molecule has 1 fully saturated rings. The van der Waals surface area contributed by atoms with Crippen molar-refractivity contribution in [3.63, 3.8) is 0 Å². The number of hydrogen-bond acceptors (Lipinski definition) is 5. The van der Waals surface area contributed by atoms with Crippen LogP contribution in [0.5, 0.6) is 11.5 Å². The highest BCUT2D eigenvalue weighted by Crippen LogP contribution is 2.29. The molecule has 0 atom stereocenters. The molecule has 1 aliphatic rings. The third-order valence-corrected chi connectivity index (χ3v) is 5.97. The largest absolute Gasteiger partial charge is 0.494 e. The third-order valence-electron chi connectivity index (χ3n) is 5.06. The van der Waals surface area contributed by atoms with E-state index in [1.54, 1.807) is 54.6 Å². The van der Waals surface area contributed by atoms with E-state index in [-0.39, 0.29) is 23.1 Å². The summed E-state index contributed by atoms with van der Waals surface area (Å²) in [6, 6.07) is 18.2. The monoisotopic (exact) mass is 554 g/mol. The number of ether oxygens (including phenoxy) is 2. The zero-order valence-corrected chi connectivity index (χ0v) is 21.0. The van der Waals surface area contributed by atoms with E-state index < -0.39 is 11.8 Å². The molecule has 3 aromatic rings. The summed E-state index contributed by atoms with van der Waals surface area (Å²) in [7, 11) is 0. The van der Waals surface area contributed by atoms with Crippen LogP contribution in [0.25, 0.3) is 6.08 Å². The molecule has 6 nitrogen and oxygen atoms in total. The van der Waals surface area contributed by atoms with Gasteiger partial charge in [0.2, 0.25) is 0 Å². The van der Waals surface area contributed by atoms with Crippen LogP contribution in [-0.2, 0) is 16.2 Å². The Hall–Kier alpha value is -3.56. The zero-order chi connectivity index (χ0) is 24.9. The molecule has 178 valence electrons. The molecule has 0 aliphatic carbocycles. The van der Waals surface area contributed by atoms with Crippen LogP contribution in [0.15, 0.2) is 76.8 Å². The maximum atomic E-state index is 13.3. The van der Waals surface area contributed by atoms with Crippen molar-refractivity contribution in [2.45, 2.75) is 13.5 Å². The van der Waals surface area contributed by atoms with E-state index in [9.17, 15) is 14.0 Å². The standard InChI is InChI=1S/C26H20BrFN2O4S/c1-2-33-20-5-3-4-19(14-20)30-25(32)21(24(31)29-26(30)35)12-17-8-11-23(22(27)13-17)34-15-16-6-9-18(28)10-7-16/h3-14H,2,15H2,1H3,(H,29,31,35). The number of halogens is 2. The number of amides is 2. The third kappa shape index (κ3) is 5.75. The lowest BCUT2D eigenvalue weighted by atomic mass is 10.1. The van der Waals surface area contributed by atoms with Gasteiger partial charge in [-0.25, -0.2) is 4.39 Å². The first-order chi connectivity index (χ1) is 16.9. The molecule has 4 rings (SSSR count). The maximum absolute atomic E-state index is 13.3. The number of carbonyl (C=O) groups excluding carboxylic acids is 2. The first-order valence-corrected chi connectivity index (χ1v) is 11.9. The second-order valence-electron chi connectivity index (χ2n) is 7.49. The summed E-state index contributed by atoms with van der Waals surface area (Å²) in [4.78, 5) is 27.1. The Morgan fingerprint density at radius 3 is 2.54 bits per heavy atom. The van der Waals surface area contributed by atoms with Gasteiger partial charge >= 0.3 is 0 Å². The van der Waals surface area contributed by atoms with Gasteiger partial charge in [-0.05, 0) is 88.7 Å². The van der Waals surface area contributed by atoms with Crippen LogP contribution < -0.4 is 19.7 Å². The lowest BCUT2D eigenvalue weighted by Crippen LogP contribution is -2.54. The number of nitrogens with zero attached hydrogens (tertiary/aromatic N) is 1. The Labute approximate surface area is 215 Å². The molecule has 1 aliphatic heterocycles. The normalized spacial score (nSPS) is 14.8. The first-order valence-electron chi connectivity index (χ1n) is 10.7. The number of hydrogen-bond donors (Lipinski definition) is 1. The summed E-state index contributed by atoms with van der Waals surface area (Å²) in [5, 5.41) is 2.57. The van der Waals surface area contributed by atoms with E-state index in [0.29, 0.717) is 33.8 Å². The molecular weight excluding hydrogens is 535 g/mol. The van der Waals surface area contributed by atoms with Crippen LogP contribution in [0.1, 0.15) is 18.1 Å². The lowest BCUT2D eigenvalue weighted by molar-refractivity contribution is -0.122. The minimum Gasteiger partial charge on any atom is -0.494 e. The van der Waals surface area contributed by atoms with Gasteiger partial charge in [0, 0.05) is 6.07 Å².